The van der Waals surface area contributed by atoms with Crippen LogP contribution in [-0.4, -0.2) is 26.1 Å². The summed E-state index contributed by atoms with van der Waals surface area (Å²) in [7, 11) is 0. The van der Waals surface area contributed by atoms with Crippen LogP contribution in [0.4, 0.5) is 0 Å². The van der Waals surface area contributed by atoms with Crippen molar-refractivity contribution in [2.45, 2.75) is 69.1 Å². The number of thioether (sulfide) groups is 1. The Morgan fingerprint density at radius 1 is 1.40 bits per heavy atom. The van der Waals surface area contributed by atoms with Gasteiger partial charge in [-0.1, -0.05) is 19.3 Å². The van der Waals surface area contributed by atoms with E-state index in [4.69, 9.17) is 0 Å². The zero-order valence-electron chi connectivity index (χ0n) is 12.3. The lowest BCUT2D eigenvalue weighted by Gasteiger charge is -2.22. The van der Waals surface area contributed by atoms with Crippen LogP contribution in [0.15, 0.2) is 12.3 Å². The SMILES string of the molecule is CC1(C(=O)Cc2ccn(C3CCCCC3)n2)CCCS1. The van der Waals surface area contributed by atoms with Gasteiger partial charge in [0, 0.05) is 6.20 Å². The lowest BCUT2D eigenvalue weighted by Crippen LogP contribution is -2.30. The Hall–Kier alpha value is -0.770. The van der Waals surface area contributed by atoms with Crippen LogP contribution in [0.1, 0.15) is 63.6 Å². The molecule has 110 valence electrons. The minimum atomic E-state index is -0.158. The molecule has 0 amide bonds. The molecule has 4 heteroatoms. The van der Waals surface area contributed by atoms with Crippen LogP contribution in [0, 0.1) is 0 Å². The zero-order valence-corrected chi connectivity index (χ0v) is 13.1. The molecule has 0 N–H and O–H groups in total. The predicted molar refractivity (Wildman–Crippen MR) is 83.2 cm³/mol. The van der Waals surface area contributed by atoms with Crippen molar-refractivity contribution in [3.8, 4) is 0 Å². The van der Waals surface area contributed by atoms with E-state index in [0.29, 0.717) is 18.2 Å². The van der Waals surface area contributed by atoms with Gasteiger partial charge in [-0.2, -0.15) is 5.10 Å². The minimum absolute atomic E-state index is 0.158. The summed E-state index contributed by atoms with van der Waals surface area (Å²) in [4.78, 5) is 12.5. The number of Topliss-reactive ketones (excluding diaryl/α,β-unsaturated/α-hetero) is 1. The molecule has 1 unspecified atom stereocenters. The van der Waals surface area contributed by atoms with E-state index in [1.807, 2.05) is 17.8 Å². The summed E-state index contributed by atoms with van der Waals surface area (Å²) in [5.74, 6) is 1.48. The van der Waals surface area contributed by atoms with Crippen molar-refractivity contribution in [3.05, 3.63) is 18.0 Å². The number of rotatable bonds is 4. The maximum absolute atomic E-state index is 12.5. The summed E-state index contributed by atoms with van der Waals surface area (Å²) in [5, 5.41) is 4.66. The van der Waals surface area contributed by atoms with Crippen LogP contribution >= 0.6 is 11.8 Å². The molecule has 1 aliphatic heterocycles. The van der Waals surface area contributed by atoms with Gasteiger partial charge in [0.15, 0.2) is 5.78 Å². The van der Waals surface area contributed by atoms with Gasteiger partial charge in [0.25, 0.3) is 0 Å². The highest BCUT2D eigenvalue weighted by Gasteiger charge is 2.36. The molecule has 0 radical (unpaired) electrons. The third kappa shape index (κ3) is 2.95. The van der Waals surface area contributed by atoms with E-state index >= 15 is 0 Å². The summed E-state index contributed by atoms with van der Waals surface area (Å²) in [5.41, 5.74) is 0.953. The summed E-state index contributed by atoms with van der Waals surface area (Å²) < 4.78 is 1.94. The molecule has 2 aliphatic rings. The molecule has 1 aromatic rings. The summed E-state index contributed by atoms with van der Waals surface area (Å²) in [6, 6.07) is 2.60. The molecule has 3 nitrogen and oxygen atoms in total. The van der Waals surface area contributed by atoms with E-state index < -0.39 is 0 Å². The second kappa shape index (κ2) is 5.92. The Bertz CT molecular complexity index is 471. The van der Waals surface area contributed by atoms with E-state index in [1.165, 1.54) is 38.5 Å². The van der Waals surface area contributed by atoms with E-state index in [-0.39, 0.29) is 4.75 Å². The molecule has 1 atom stereocenters. The Balaban J connectivity index is 1.63. The molecular weight excluding hydrogens is 268 g/mol. The number of hydrogen-bond acceptors (Lipinski definition) is 3. The van der Waals surface area contributed by atoms with Gasteiger partial charge in [-0.3, -0.25) is 9.48 Å². The van der Waals surface area contributed by atoms with Crippen LogP contribution in [0.3, 0.4) is 0 Å². The first kappa shape index (κ1) is 14.2. The predicted octanol–water partition coefficient (Wildman–Crippen LogP) is 3.79. The van der Waals surface area contributed by atoms with Crippen molar-refractivity contribution in [2.75, 3.05) is 5.75 Å². The highest BCUT2D eigenvalue weighted by atomic mass is 32.2. The van der Waals surface area contributed by atoms with Crippen molar-refractivity contribution in [1.29, 1.82) is 0 Å². The quantitative estimate of drug-likeness (QED) is 0.847. The van der Waals surface area contributed by atoms with Crippen LogP contribution in [0.5, 0.6) is 0 Å². The largest absolute Gasteiger partial charge is 0.298 e. The molecule has 3 rings (SSSR count). The molecule has 1 saturated carbocycles. The Labute approximate surface area is 125 Å². The molecule has 20 heavy (non-hydrogen) atoms. The van der Waals surface area contributed by atoms with Crippen LogP contribution < -0.4 is 0 Å². The summed E-state index contributed by atoms with van der Waals surface area (Å²) in [6.07, 6.45) is 11.2. The minimum Gasteiger partial charge on any atom is -0.298 e. The molecule has 2 fully saturated rings. The molecule has 0 bridgehead atoms. The molecule has 2 heterocycles. The second-order valence-corrected chi connectivity index (χ2v) is 7.96. The first-order valence-corrected chi connectivity index (χ1v) is 8.87. The van der Waals surface area contributed by atoms with Crippen molar-refractivity contribution in [2.24, 2.45) is 0 Å². The van der Waals surface area contributed by atoms with Crippen molar-refractivity contribution >= 4 is 17.5 Å². The standard InChI is InChI=1S/C16H24N2OS/c1-16(9-5-11-20-16)15(19)12-13-8-10-18(17-13)14-6-3-2-4-7-14/h8,10,14H,2-7,9,11-12H2,1H3. The number of hydrogen-bond donors (Lipinski definition) is 0. The zero-order chi connectivity index (χ0) is 14.0. The number of nitrogens with zero attached hydrogens (tertiary/aromatic N) is 2. The Kier molecular flexibility index (Phi) is 4.20. The van der Waals surface area contributed by atoms with Gasteiger partial charge in [-0.05, 0) is 44.4 Å². The fourth-order valence-electron chi connectivity index (χ4n) is 3.37. The number of carbonyl (C=O) groups is 1. The molecular formula is C16H24N2OS. The lowest BCUT2D eigenvalue weighted by molar-refractivity contribution is -0.120. The van der Waals surface area contributed by atoms with Gasteiger partial charge in [-0.15, -0.1) is 11.8 Å². The maximum atomic E-state index is 12.5. The highest BCUT2D eigenvalue weighted by molar-refractivity contribution is 8.01. The van der Waals surface area contributed by atoms with Crippen LogP contribution in [-0.2, 0) is 11.2 Å². The van der Waals surface area contributed by atoms with Gasteiger partial charge in [0.1, 0.15) is 0 Å². The fourth-order valence-corrected chi connectivity index (χ4v) is 4.63. The average molecular weight is 292 g/mol. The van der Waals surface area contributed by atoms with Gasteiger partial charge in [0.2, 0.25) is 0 Å². The van der Waals surface area contributed by atoms with Gasteiger partial charge in [0.05, 0.1) is 22.9 Å². The number of carbonyl (C=O) groups excluding carboxylic acids is 1. The Morgan fingerprint density at radius 3 is 2.90 bits per heavy atom. The first-order valence-electron chi connectivity index (χ1n) is 7.89. The first-order chi connectivity index (χ1) is 9.67. The molecule has 1 saturated heterocycles. The van der Waals surface area contributed by atoms with Crippen molar-refractivity contribution < 1.29 is 4.79 Å². The number of ketones is 1. The van der Waals surface area contributed by atoms with Crippen LogP contribution in [0.25, 0.3) is 0 Å². The highest BCUT2D eigenvalue weighted by Crippen LogP contribution is 2.39. The monoisotopic (exact) mass is 292 g/mol. The smallest absolute Gasteiger partial charge is 0.154 e. The van der Waals surface area contributed by atoms with E-state index in [2.05, 4.69) is 22.9 Å². The maximum Gasteiger partial charge on any atom is 0.154 e. The third-order valence-corrected chi connectivity index (χ3v) is 6.32. The lowest BCUT2D eigenvalue weighted by atomic mass is 9.96. The van der Waals surface area contributed by atoms with Gasteiger partial charge >= 0.3 is 0 Å². The molecule has 0 spiro atoms. The topological polar surface area (TPSA) is 34.9 Å². The fraction of sp³-hybridized carbons (Fsp3) is 0.750. The molecule has 1 aromatic heterocycles. The van der Waals surface area contributed by atoms with Crippen LogP contribution in [0.2, 0.25) is 0 Å². The van der Waals surface area contributed by atoms with E-state index in [0.717, 1.165) is 17.9 Å². The average Bonchev–Trinajstić information content (AvgIpc) is 3.10. The normalized spacial score (nSPS) is 27.9. The number of aromatic nitrogens is 2. The van der Waals surface area contributed by atoms with E-state index in [1.54, 1.807) is 0 Å². The Morgan fingerprint density at radius 2 is 2.20 bits per heavy atom. The summed E-state index contributed by atoms with van der Waals surface area (Å²) in [6.45, 7) is 2.10. The summed E-state index contributed by atoms with van der Waals surface area (Å²) >= 11 is 1.82. The molecule has 0 aromatic carbocycles. The van der Waals surface area contributed by atoms with Gasteiger partial charge in [-0.25, -0.2) is 0 Å². The third-order valence-electron chi connectivity index (χ3n) is 4.76. The van der Waals surface area contributed by atoms with Crippen molar-refractivity contribution in [1.82, 2.24) is 9.78 Å². The van der Waals surface area contributed by atoms with Gasteiger partial charge < -0.3 is 0 Å². The van der Waals surface area contributed by atoms with Crippen molar-refractivity contribution in [3.63, 3.8) is 0 Å². The van der Waals surface area contributed by atoms with E-state index in [9.17, 15) is 4.79 Å². The molecule has 1 aliphatic carbocycles. The second-order valence-electron chi connectivity index (χ2n) is 6.36.